The summed E-state index contributed by atoms with van der Waals surface area (Å²) in [5.74, 6) is 0. The Morgan fingerprint density at radius 2 is 2.64 bits per heavy atom. The van der Waals surface area contributed by atoms with E-state index in [1.54, 1.807) is 11.8 Å². The third-order valence-corrected chi connectivity index (χ3v) is 2.89. The molecule has 0 spiro atoms. The van der Waals surface area contributed by atoms with Crippen molar-refractivity contribution in [1.29, 1.82) is 5.26 Å². The van der Waals surface area contributed by atoms with E-state index in [1.165, 1.54) is 10.6 Å². The molecule has 1 aliphatic heterocycles. The Labute approximate surface area is 70.0 Å². The molecule has 0 aromatic carbocycles. The van der Waals surface area contributed by atoms with E-state index in [1.807, 2.05) is 0 Å². The summed E-state index contributed by atoms with van der Waals surface area (Å²) < 4.78 is 0. The van der Waals surface area contributed by atoms with Crippen molar-refractivity contribution >= 4 is 11.8 Å². The molecule has 0 saturated carbocycles. The number of nitrogens with one attached hydrogen (secondary N) is 1. The van der Waals surface area contributed by atoms with Crippen molar-refractivity contribution in [3.63, 3.8) is 0 Å². The first kappa shape index (κ1) is 6.81. The lowest BCUT2D eigenvalue weighted by Crippen LogP contribution is -2.18. The van der Waals surface area contributed by atoms with Gasteiger partial charge < -0.3 is 5.32 Å². The molecule has 2 aliphatic rings. The van der Waals surface area contributed by atoms with Crippen LogP contribution >= 0.6 is 11.8 Å². The summed E-state index contributed by atoms with van der Waals surface area (Å²) in [6.45, 7) is 0. The molecule has 56 valence electrons. The SMILES string of the molecule is N#CC1NC2=C(C=CCC2)S1. The summed E-state index contributed by atoms with van der Waals surface area (Å²) in [5.41, 5.74) is 1.25. The topological polar surface area (TPSA) is 35.8 Å². The van der Waals surface area contributed by atoms with Crippen LogP contribution in [0.1, 0.15) is 12.8 Å². The third kappa shape index (κ3) is 1.14. The number of rotatable bonds is 0. The van der Waals surface area contributed by atoms with Crippen LogP contribution in [0.15, 0.2) is 22.8 Å². The number of allylic oxidation sites excluding steroid dienone is 3. The smallest absolute Gasteiger partial charge is 0.165 e. The lowest BCUT2D eigenvalue weighted by Gasteiger charge is -2.06. The van der Waals surface area contributed by atoms with E-state index in [0.29, 0.717) is 0 Å². The molecule has 0 radical (unpaired) electrons. The van der Waals surface area contributed by atoms with Crippen molar-refractivity contribution in [3.8, 4) is 6.07 Å². The fourth-order valence-electron chi connectivity index (χ4n) is 1.27. The molecular weight excluding hydrogens is 156 g/mol. The van der Waals surface area contributed by atoms with Crippen molar-refractivity contribution in [3.05, 3.63) is 22.8 Å². The van der Waals surface area contributed by atoms with Crippen molar-refractivity contribution < 1.29 is 0 Å². The Morgan fingerprint density at radius 1 is 1.73 bits per heavy atom. The molecule has 0 fully saturated rings. The van der Waals surface area contributed by atoms with Gasteiger partial charge in [-0.25, -0.2) is 0 Å². The molecule has 2 rings (SSSR count). The molecule has 0 aromatic heterocycles. The van der Waals surface area contributed by atoms with Crippen LogP contribution in [0.5, 0.6) is 0 Å². The standard InChI is InChI=1S/C8H8N2S/c9-5-8-10-6-3-1-2-4-7(6)11-8/h2,4,8,10H,1,3H2. The minimum Gasteiger partial charge on any atom is -0.364 e. The van der Waals surface area contributed by atoms with E-state index in [9.17, 15) is 0 Å². The Hall–Kier alpha value is -0.880. The van der Waals surface area contributed by atoms with Gasteiger partial charge in [0.15, 0.2) is 5.37 Å². The highest BCUT2D eigenvalue weighted by Gasteiger charge is 2.22. The molecule has 0 bridgehead atoms. The van der Waals surface area contributed by atoms with Gasteiger partial charge in [0.05, 0.1) is 6.07 Å². The van der Waals surface area contributed by atoms with Gasteiger partial charge in [0.1, 0.15) is 0 Å². The maximum Gasteiger partial charge on any atom is 0.165 e. The monoisotopic (exact) mass is 164 g/mol. The maximum atomic E-state index is 8.63. The first-order valence-electron chi connectivity index (χ1n) is 3.62. The van der Waals surface area contributed by atoms with Crippen LogP contribution < -0.4 is 5.32 Å². The molecule has 0 amide bonds. The fourth-order valence-corrected chi connectivity index (χ4v) is 2.25. The second-order valence-corrected chi connectivity index (χ2v) is 3.70. The van der Waals surface area contributed by atoms with Gasteiger partial charge in [-0.1, -0.05) is 23.9 Å². The van der Waals surface area contributed by atoms with Crippen molar-refractivity contribution in [1.82, 2.24) is 5.32 Å². The van der Waals surface area contributed by atoms with Crippen LogP contribution in [0, 0.1) is 11.3 Å². The predicted octanol–water partition coefficient (Wildman–Crippen LogP) is 1.73. The maximum absolute atomic E-state index is 8.63. The zero-order valence-corrected chi connectivity index (χ0v) is 6.82. The van der Waals surface area contributed by atoms with Gasteiger partial charge in [-0.05, 0) is 12.8 Å². The predicted molar refractivity (Wildman–Crippen MR) is 45.5 cm³/mol. The highest BCUT2D eigenvalue weighted by Crippen LogP contribution is 2.35. The Kier molecular flexibility index (Phi) is 1.63. The Morgan fingerprint density at radius 3 is 3.36 bits per heavy atom. The minimum atomic E-state index is -0.0530. The van der Waals surface area contributed by atoms with Gasteiger partial charge >= 0.3 is 0 Å². The van der Waals surface area contributed by atoms with Gasteiger partial charge in [0, 0.05) is 10.6 Å². The molecule has 2 nitrogen and oxygen atoms in total. The third-order valence-electron chi connectivity index (χ3n) is 1.80. The first-order valence-corrected chi connectivity index (χ1v) is 4.50. The van der Waals surface area contributed by atoms with Gasteiger partial charge in [0.2, 0.25) is 0 Å². The number of nitrogens with zero attached hydrogens (tertiary/aromatic N) is 1. The van der Waals surface area contributed by atoms with Crippen molar-refractivity contribution in [2.24, 2.45) is 0 Å². The molecule has 1 heterocycles. The molecule has 1 unspecified atom stereocenters. The Balaban J connectivity index is 2.17. The van der Waals surface area contributed by atoms with E-state index >= 15 is 0 Å². The van der Waals surface area contributed by atoms with Crippen LogP contribution in [0.2, 0.25) is 0 Å². The second-order valence-electron chi connectivity index (χ2n) is 2.56. The highest BCUT2D eigenvalue weighted by molar-refractivity contribution is 8.04. The summed E-state index contributed by atoms with van der Waals surface area (Å²) in [4.78, 5) is 1.25. The zero-order valence-electron chi connectivity index (χ0n) is 6.00. The molecule has 0 saturated heterocycles. The largest absolute Gasteiger partial charge is 0.364 e. The van der Waals surface area contributed by atoms with E-state index in [0.717, 1.165) is 12.8 Å². The van der Waals surface area contributed by atoms with Gasteiger partial charge in [-0.3, -0.25) is 0 Å². The van der Waals surface area contributed by atoms with E-state index in [4.69, 9.17) is 5.26 Å². The normalized spacial score (nSPS) is 27.7. The van der Waals surface area contributed by atoms with E-state index < -0.39 is 0 Å². The molecule has 0 aromatic rings. The molecule has 1 N–H and O–H groups in total. The summed E-state index contributed by atoms with van der Waals surface area (Å²) in [6, 6.07) is 2.20. The van der Waals surface area contributed by atoms with Crippen LogP contribution in [0.3, 0.4) is 0 Å². The molecule has 11 heavy (non-hydrogen) atoms. The van der Waals surface area contributed by atoms with E-state index in [-0.39, 0.29) is 5.37 Å². The first-order chi connectivity index (χ1) is 5.40. The van der Waals surface area contributed by atoms with Crippen LogP contribution in [-0.4, -0.2) is 5.37 Å². The second kappa shape index (κ2) is 2.63. The highest BCUT2D eigenvalue weighted by atomic mass is 32.2. The zero-order chi connectivity index (χ0) is 7.68. The average molecular weight is 164 g/mol. The van der Waals surface area contributed by atoms with Crippen LogP contribution in [0.4, 0.5) is 0 Å². The Bertz CT molecular complexity index is 272. The summed E-state index contributed by atoms with van der Waals surface area (Å²) in [7, 11) is 0. The lowest BCUT2D eigenvalue weighted by molar-refractivity contribution is 0.794. The molecule has 1 aliphatic carbocycles. The van der Waals surface area contributed by atoms with Crippen molar-refractivity contribution in [2.45, 2.75) is 18.2 Å². The number of hydrogen-bond acceptors (Lipinski definition) is 3. The van der Waals surface area contributed by atoms with Gasteiger partial charge in [-0.2, -0.15) is 5.26 Å². The molecular formula is C8H8N2S. The summed E-state index contributed by atoms with van der Waals surface area (Å²) in [5, 5.41) is 11.7. The molecule has 1 atom stereocenters. The average Bonchev–Trinajstić information content (AvgIpc) is 2.46. The summed E-state index contributed by atoms with van der Waals surface area (Å²) >= 11 is 1.62. The van der Waals surface area contributed by atoms with Crippen molar-refractivity contribution in [2.75, 3.05) is 0 Å². The quantitative estimate of drug-likeness (QED) is 0.592. The number of hydrogen-bond donors (Lipinski definition) is 1. The van der Waals surface area contributed by atoms with E-state index in [2.05, 4.69) is 23.5 Å². The minimum absolute atomic E-state index is 0.0530. The van der Waals surface area contributed by atoms with Gasteiger partial charge in [0.25, 0.3) is 0 Å². The lowest BCUT2D eigenvalue weighted by atomic mass is 10.1. The van der Waals surface area contributed by atoms with Crippen LogP contribution in [0.25, 0.3) is 0 Å². The number of nitriles is 1. The molecule has 3 heteroatoms. The fraction of sp³-hybridized carbons (Fsp3) is 0.375. The van der Waals surface area contributed by atoms with Gasteiger partial charge in [-0.15, -0.1) is 0 Å². The number of thioether (sulfide) groups is 1. The summed E-state index contributed by atoms with van der Waals surface area (Å²) in [6.07, 6.45) is 6.43. The van der Waals surface area contributed by atoms with Crippen LogP contribution in [-0.2, 0) is 0 Å².